The number of methoxy groups -OCH3 is 1. The lowest BCUT2D eigenvalue weighted by molar-refractivity contribution is 0.0809. The van der Waals surface area contributed by atoms with E-state index in [1.807, 2.05) is 19.1 Å². The van der Waals surface area contributed by atoms with Crippen LogP contribution in [0.3, 0.4) is 0 Å². The number of ether oxygens (including phenoxy) is 1. The number of hydrogen-bond donors (Lipinski definition) is 2. The molecule has 0 spiro atoms. The summed E-state index contributed by atoms with van der Waals surface area (Å²) in [6, 6.07) is 7.85. The summed E-state index contributed by atoms with van der Waals surface area (Å²) >= 11 is 0. The molecule has 0 aliphatic heterocycles. The molecule has 3 rings (SSSR count). The van der Waals surface area contributed by atoms with E-state index in [9.17, 15) is 4.79 Å². The molecule has 0 radical (unpaired) electrons. The van der Waals surface area contributed by atoms with Crippen LogP contribution in [-0.4, -0.2) is 34.2 Å². The zero-order chi connectivity index (χ0) is 16.2. The number of nitrogens with one attached hydrogen (secondary N) is 2. The molecule has 7 nitrogen and oxygen atoms in total. The van der Waals surface area contributed by atoms with E-state index in [2.05, 4.69) is 33.1 Å². The number of urea groups is 1. The minimum atomic E-state index is -0.214. The third-order valence-corrected chi connectivity index (χ3v) is 4.16. The Morgan fingerprint density at radius 1 is 1.43 bits per heavy atom. The Bertz CT molecular complexity index is 685. The number of amides is 2. The molecule has 122 valence electrons. The van der Waals surface area contributed by atoms with Gasteiger partial charge >= 0.3 is 6.03 Å². The molecule has 0 saturated heterocycles. The van der Waals surface area contributed by atoms with Crippen molar-refractivity contribution in [2.24, 2.45) is 0 Å². The standard InChI is InChI=1S/C16H21N5O2/c1-3-21-12(10-18-20-21)9-17-16(22)19-14-8-11-6-4-5-7-13(11)15(14)23-2/h4-7,10,14-15H,3,8-9H2,1-2H3,(H2,17,19,22)/t14-,15+/m1/s1. The molecule has 7 heteroatoms. The number of carbonyl (C=O) groups is 1. The van der Waals surface area contributed by atoms with Crippen molar-refractivity contribution in [2.75, 3.05) is 7.11 Å². The number of hydrogen-bond acceptors (Lipinski definition) is 4. The molecular formula is C16H21N5O2. The minimum absolute atomic E-state index is 0.0633. The van der Waals surface area contributed by atoms with Gasteiger partial charge in [0, 0.05) is 13.7 Å². The van der Waals surface area contributed by atoms with Crippen LogP contribution in [0.2, 0.25) is 0 Å². The van der Waals surface area contributed by atoms with E-state index in [4.69, 9.17) is 4.74 Å². The van der Waals surface area contributed by atoms with Crippen molar-refractivity contribution in [1.29, 1.82) is 0 Å². The smallest absolute Gasteiger partial charge is 0.315 e. The quantitative estimate of drug-likeness (QED) is 0.874. The molecule has 2 N–H and O–H groups in total. The number of nitrogens with zero attached hydrogens (tertiary/aromatic N) is 3. The van der Waals surface area contributed by atoms with Gasteiger partial charge in [0.15, 0.2) is 0 Å². The molecule has 0 unspecified atom stereocenters. The molecule has 2 atom stereocenters. The van der Waals surface area contributed by atoms with Gasteiger partial charge < -0.3 is 15.4 Å². The molecule has 1 aromatic heterocycles. The van der Waals surface area contributed by atoms with Crippen LogP contribution in [0.5, 0.6) is 0 Å². The lowest BCUT2D eigenvalue weighted by Crippen LogP contribution is -2.44. The second-order valence-electron chi connectivity index (χ2n) is 5.53. The topological polar surface area (TPSA) is 81.1 Å². The summed E-state index contributed by atoms with van der Waals surface area (Å²) in [6.45, 7) is 3.10. The van der Waals surface area contributed by atoms with Crippen molar-refractivity contribution in [1.82, 2.24) is 25.6 Å². The van der Waals surface area contributed by atoms with E-state index in [-0.39, 0.29) is 18.2 Å². The second kappa shape index (κ2) is 6.78. The summed E-state index contributed by atoms with van der Waals surface area (Å²) in [6.07, 6.45) is 2.32. The van der Waals surface area contributed by atoms with Crippen molar-refractivity contribution >= 4 is 6.03 Å². The summed E-state index contributed by atoms with van der Waals surface area (Å²) in [5.41, 5.74) is 3.24. The monoisotopic (exact) mass is 315 g/mol. The largest absolute Gasteiger partial charge is 0.375 e. The third-order valence-electron chi connectivity index (χ3n) is 4.16. The first-order chi connectivity index (χ1) is 11.2. The molecule has 1 aliphatic rings. The van der Waals surface area contributed by atoms with Gasteiger partial charge in [0.1, 0.15) is 6.10 Å². The maximum atomic E-state index is 12.2. The fourth-order valence-electron chi connectivity index (χ4n) is 3.05. The van der Waals surface area contributed by atoms with Crippen molar-refractivity contribution in [3.05, 3.63) is 47.3 Å². The molecule has 0 bridgehead atoms. The summed E-state index contributed by atoms with van der Waals surface area (Å²) in [5.74, 6) is 0. The highest BCUT2D eigenvalue weighted by Crippen LogP contribution is 2.33. The number of carbonyl (C=O) groups excluding carboxylic acids is 1. The normalized spacial score (nSPS) is 19.4. The number of aromatic nitrogens is 3. The number of fused-ring (bicyclic) bond motifs is 1. The van der Waals surface area contributed by atoms with Gasteiger partial charge in [-0.2, -0.15) is 0 Å². The van der Waals surface area contributed by atoms with Gasteiger partial charge in [0.2, 0.25) is 0 Å². The van der Waals surface area contributed by atoms with Crippen molar-refractivity contribution in [2.45, 2.75) is 38.6 Å². The fourth-order valence-corrected chi connectivity index (χ4v) is 3.05. The molecule has 1 aromatic carbocycles. The van der Waals surface area contributed by atoms with Crippen LogP contribution in [0.4, 0.5) is 4.79 Å². The first kappa shape index (κ1) is 15.5. The zero-order valence-electron chi connectivity index (χ0n) is 13.3. The van der Waals surface area contributed by atoms with E-state index in [1.54, 1.807) is 18.0 Å². The molecule has 1 heterocycles. The Morgan fingerprint density at radius 2 is 2.26 bits per heavy atom. The average Bonchev–Trinajstić information content (AvgIpc) is 3.16. The lowest BCUT2D eigenvalue weighted by Gasteiger charge is -2.20. The van der Waals surface area contributed by atoms with Gasteiger partial charge in [-0.3, -0.25) is 0 Å². The van der Waals surface area contributed by atoms with Crippen molar-refractivity contribution < 1.29 is 9.53 Å². The Balaban J connectivity index is 1.58. The number of benzene rings is 1. The lowest BCUT2D eigenvalue weighted by atomic mass is 10.1. The average molecular weight is 315 g/mol. The molecule has 0 saturated carbocycles. The number of rotatable bonds is 5. The Hall–Kier alpha value is -2.41. The van der Waals surface area contributed by atoms with Crippen molar-refractivity contribution in [3.8, 4) is 0 Å². The summed E-state index contributed by atoms with van der Waals surface area (Å²) in [4.78, 5) is 12.2. The highest BCUT2D eigenvalue weighted by molar-refractivity contribution is 5.74. The van der Waals surface area contributed by atoms with E-state index in [1.165, 1.54) is 5.56 Å². The molecule has 2 aromatic rings. The van der Waals surface area contributed by atoms with E-state index in [0.717, 1.165) is 24.2 Å². The Labute approximate surface area is 135 Å². The number of aryl methyl sites for hydroxylation is 1. The highest BCUT2D eigenvalue weighted by atomic mass is 16.5. The minimum Gasteiger partial charge on any atom is -0.375 e. The van der Waals surface area contributed by atoms with Crippen LogP contribution in [-0.2, 0) is 24.2 Å². The van der Waals surface area contributed by atoms with Gasteiger partial charge in [0.05, 0.1) is 24.5 Å². The van der Waals surface area contributed by atoms with E-state index in [0.29, 0.717) is 6.54 Å². The zero-order valence-corrected chi connectivity index (χ0v) is 13.3. The maximum absolute atomic E-state index is 12.2. The Morgan fingerprint density at radius 3 is 3.04 bits per heavy atom. The van der Waals surface area contributed by atoms with Crippen LogP contribution in [0.25, 0.3) is 0 Å². The van der Waals surface area contributed by atoms with Crippen LogP contribution < -0.4 is 10.6 Å². The first-order valence-electron chi connectivity index (χ1n) is 7.75. The second-order valence-corrected chi connectivity index (χ2v) is 5.53. The molecule has 23 heavy (non-hydrogen) atoms. The maximum Gasteiger partial charge on any atom is 0.315 e. The van der Waals surface area contributed by atoms with Crippen LogP contribution in [0, 0.1) is 0 Å². The molecule has 1 aliphatic carbocycles. The summed E-state index contributed by atoms with van der Waals surface area (Å²) in [7, 11) is 1.67. The summed E-state index contributed by atoms with van der Waals surface area (Å²) in [5, 5.41) is 13.6. The van der Waals surface area contributed by atoms with Crippen LogP contribution in [0.1, 0.15) is 29.8 Å². The highest BCUT2D eigenvalue weighted by Gasteiger charge is 2.33. The van der Waals surface area contributed by atoms with Gasteiger partial charge in [-0.15, -0.1) is 5.10 Å². The van der Waals surface area contributed by atoms with Gasteiger partial charge in [-0.05, 0) is 24.5 Å². The van der Waals surface area contributed by atoms with Crippen LogP contribution >= 0.6 is 0 Å². The van der Waals surface area contributed by atoms with E-state index >= 15 is 0 Å². The van der Waals surface area contributed by atoms with Crippen LogP contribution in [0.15, 0.2) is 30.5 Å². The summed E-state index contributed by atoms with van der Waals surface area (Å²) < 4.78 is 7.33. The first-order valence-corrected chi connectivity index (χ1v) is 7.75. The SMILES string of the molecule is CCn1nncc1CNC(=O)N[C@@H]1Cc2ccccc2[C@@H]1OC. The third kappa shape index (κ3) is 3.19. The van der Waals surface area contributed by atoms with E-state index < -0.39 is 0 Å². The van der Waals surface area contributed by atoms with Crippen molar-refractivity contribution in [3.63, 3.8) is 0 Å². The van der Waals surface area contributed by atoms with Gasteiger partial charge in [-0.1, -0.05) is 29.5 Å². The molecular weight excluding hydrogens is 294 g/mol. The van der Waals surface area contributed by atoms with Gasteiger partial charge in [-0.25, -0.2) is 9.48 Å². The fraction of sp³-hybridized carbons (Fsp3) is 0.438. The van der Waals surface area contributed by atoms with Gasteiger partial charge in [0.25, 0.3) is 0 Å². The predicted octanol–water partition coefficient (Wildman–Crippen LogP) is 1.41. The molecule has 0 fully saturated rings. The molecule has 2 amide bonds. The predicted molar refractivity (Wildman–Crippen MR) is 84.8 cm³/mol. The Kier molecular flexibility index (Phi) is 4.57.